The smallest absolute Gasteiger partial charge is 0.266 e. The third kappa shape index (κ3) is 4.01. The second-order valence-corrected chi connectivity index (χ2v) is 9.35. The fraction of sp³-hybridized carbons (Fsp3) is 0.375. The second-order valence-electron chi connectivity index (χ2n) is 8.04. The van der Waals surface area contributed by atoms with E-state index < -0.39 is 0 Å². The number of hydrogen-bond donors (Lipinski definition) is 1. The van der Waals surface area contributed by atoms with Gasteiger partial charge in [0.25, 0.3) is 5.56 Å². The van der Waals surface area contributed by atoms with Gasteiger partial charge in [0.15, 0.2) is 5.16 Å². The van der Waals surface area contributed by atoms with Crippen molar-refractivity contribution in [1.29, 1.82) is 0 Å². The van der Waals surface area contributed by atoms with Crippen molar-refractivity contribution in [2.24, 2.45) is 0 Å². The van der Waals surface area contributed by atoms with Gasteiger partial charge in [-0.05, 0) is 56.9 Å². The summed E-state index contributed by atoms with van der Waals surface area (Å²) in [7, 11) is 0. The number of nitrogens with one attached hydrogen (secondary N) is 1. The highest BCUT2D eigenvalue weighted by molar-refractivity contribution is 8.00. The highest BCUT2D eigenvalue weighted by atomic mass is 32.2. The maximum Gasteiger partial charge on any atom is 0.266 e. The van der Waals surface area contributed by atoms with Gasteiger partial charge in [-0.15, -0.1) is 0 Å². The first kappa shape index (κ1) is 20.7. The maximum absolute atomic E-state index is 13.5. The molecule has 1 aliphatic rings. The van der Waals surface area contributed by atoms with E-state index >= 15 is 0 Å². The number of hydrogen-bond acceptors (Lipinski definition) is 4. The molecular weight excluding hydrogens is 394 g/mol. The van der Waals surface area contributed by atoms with Gasteiger partial charge < -0.3 is 5.32 Å². The Morgan fingerprint density at radius 2 is 1.77 bits per heavy atom. The lowest BCUT2D eigenvalue weighted by molar-refractivity contribution is -0.120. The first-order valence-electron chi connectivity index (χ1n) is 10.5. The molecule has 1 N–H and O–H groups in total. The number of para-hydroxylation sites is 2. The predicted molar refractivity (Wildman–Crippen MR) is 123 cm³/mol. The molecule has 0 bridgehead atoms. The van der Waals surface area contributed by atoms with Crippen molar-refractivity contribution in [3.8, 4) is 5.69 Å². The van der Waals surface area contributed by atoms with Gasteiger partial charge in [0.1, 0.15) is 0 Å². The zero-order chi connectivity index (χ0) is 21.3. The van der Waals surface area contributed by atoms with E-state index in [0.29, 0.717) is 16.1 Å². The Morgan fingerprint density at radius 3 is 2.47 bits per heavy atom. The molecule has 4 rings (SSSR count). The molecule has 1 unspecified atom stereocenters. The van der Waals surface area contributed by atoms with Crippen LogP contribution in [0.3, 0.4) is 0 Å². The Kier molecular flexibility index (Phi) is 5.95. The third-order valence-corrected chi connectivity index (χ3v) is 6.81. The zero-order valence-electron chi connectivity index (χ0n) is 17.6. The molecule has 30 heavy (non-hydrogen) atoms. The number of benzene rings is 2. The first-order chi connectivity index (χ1) is 14.5. The van der Waals surface area contributed by atoms with Crippen LogP contribution >= 0.6 is 11.8 Å². The molecule has 1 aromatic heterocycles. The van der Waals surface area contributed by atoms with Gasteiger partial charge >= 0.3 is 0 Å². The fourth-order valence-electron chi connectivity index (χ4n) is 4.15. The van der Waals surface area contributed by atoms with Crippen LogP contribution < -0.4 is 10.9 Å². The van der Waals surface area contributed by atoms with E-state index in [1.54, 1.807) is 10.6 Å². The van der Waals surface area contributed by atoms with Crippen LogP contribution in [-0.4, -0.2) is 26.8 Å². The summed E-state index contributed by atoms with van der Waals surface area (Å²) in [4.78, 5) is 31.1. The summed E-state index contributed by atoms with van der Waals surface area (Å²) >= 11 is 1.34. The van der Waals surface area contributed by atoms with E-state index in [1.807, 2.05) is 57.2 Å². The largest absolute Gasteiger partial charge is 0.352 e. The molecule has 6 heteroatoms. The monoisotopic (exact) mass is 421 g/mol. The molecule has 5 nitrogen and oxygen atoms in total. The van der Waals surface area contributed by atoms with Crippen molar-refractivity contribution < 1.29 is 4.79 Å². The van der Waals surface area contributed by atoms with Crippen LogP contribution in [0.2, 0.25) is 0 Å². The third-order valence-electron chi connectivity index (χ3n) is 5.76. The van der Waals surface area contributed by atoms with E-state index in [9.17, 15) is 9.59 Å². The van der Waals surface area contributed by atoms with Crippen LogP contribution in [0.5, 0.6) is 0 Å². The van der Waals surface area contributed by atoms with Crippen LogP contribution in [0.25, 0.3) is 16.6 Å². The summed E-state index contributed by atoms with van der Waals surface area (Å²) in [6.45, 7) is 5.87. The number of carbonyl (C=O) groups is 1. The molecule has 1 heterocycles. The summed E-state index contributed by atoms with van der Waals surface area (Å²) in [6.07, 6.45) is 4.44. The van der Waals surface area contributed by atoms with Crippen molar-refractivity contribution in [2.75, 3.05) is 0 Å². The number of carbonyl (C=O) groups excluding carboxylic acids is 1. The lowest BCUT2D eigenvalue weighted by Gasteiger charge is -2.20. The molecule has 0 saturated heterocycles. The Labute approximate surface area is 180 Å². The molecule has 0 aliphatic heterocycles. The molecule has 0 spiro atoms. The van der Waals surface area contributed by atoms with E-state index in [-0.39, 0.29) is 22.8 Å². The molecule has 1 aliphatic carbocycles. The van der Waals surface area contributed by atoms with E-state index in [4.69, 9.17) is 4.98 Å². The molecule has 1 fully saturated rings. The lowest BCUT2D eigenvalue weighted by atomic mass is 10.1. The fourth-order valence-corrected chi connectivity index (χ4v) is 5.07. The number of fused-ring (bicyclic) bond motifs is 1. The van der Waals surface area contributed by atoms with E-state index in [0.717, 1.165) is 29.7 Å². The molecule has 2 aromatic carbocycles. The Morgan fingerprint density at radius 1 is 1.10 bits per heavy atom. The average molecular weight is 422 g/mol. The Hall–Kier alpha value is -2.60. The lowest BCUT2D eigenvalue weighted by Crippen LogP contribution is -2.38. The van der Waals surface area contributed by atoms with Crippen LogP contribution in [0.15, 0.2) is 52.4 Å². The maximum atomic E-state index is 13.5. The normalized spacial score (nSPS) is 15.4. The summed E-state index contributed by atoms with van der Waals surface area (Å²) in [5.41, 5.74) is 3.38. The highest BCUT2D eigenvalue weighted by Crippen LogP contribution is 2.28. The number of nitrogens with zero attached hydrogens (tertiary/aromatic N) is 2. The SMILES string of the molecule is Cc1cccc(C)c1-n1c(SC(C)C(=O)NC2CCCC2)nc2ccccc2c1=O. The van der Waals surface area contributed by atoms with Crippen LogP contribution in [-0.2, 0) is 4.79 Å². The van der Waals surface area contributed by atoms with Gasteiger partial charge in [-0.25, -0.2) is 4.98 Å². The van der Waals surface area contributed by atoms with Crippen LogP contribution in [0.1, 0.15) is 43.7 Å². The number of thioether (sulfide) groups is 1. The highest BCUT2D eigenvalue weighted by Gasteiger charge is 2.24. The Balaban J connectivity index is 1.78. The molecular formula is C24H27N3O2S. The number of rotatable bonds is 5. The van der Waals surface area contributed by atoms with Gasteiger partial charge in [0.2, 0.25) is 5.91 Å². The number of amides is 1. The van der Waals surface area contributed by atoms with E-state index in [1.165, 1.54) is 24.6 Å². The molecule has 1 atom stereocenters. The molecule has 0 radical (unpaired) electrons. The standard InChI is InChI=1S/C24H27N3O2S/c1-15-9-8-10-16(2)21(15)27-23(29)19-13-6-7-14-20(19)26-24(27)30-17(3)22(28)25-18-11-4-5-12-18/h6-10,13-14,17-18H,4-5,11-12H2,1-3H3,(H,25,28). The minimum Gasteiger partial charge on any atom is -0.352 e. The minimum absolute atomic E-state index is 0.00219. The summed E-state index contributed by atoms with van der Waals surface area (Å²) in [5, 5.41) is 3.93. The summed E-state index contributed by atoms with van der Waals surface area (Å²) < 4.78 is 1.68. The molecule has 3 aromatic rings. The van der Waals surface area contributed by atoms with Gasteiger partial charge in [-0.1, -0.05) is 54.9 Å². The molecule has 1 saturated carbocycles. The summed E-state index contributed by atoms with van der Waals surface area (Å²) in [6, 6.07) is 13.6. The predicted octanol–water partition coefficient (Wildman–Crippen LogP) is 4.54. The van der Waals surface area contributed by atoms with E-state index in [2.05, 4.69) is 5.32 Å². The van der Waals surface area contributed by atoms with Crippen LogP contribution in [0.4, 0.5) is 0 Å². The quantitative estimate of drug-likeness (QED) is 0.485. The van der Waals surface area contributed by atoms with Crippen molar-refractivity contribution in [3.05, 3.63) is 63.9 Å². The molecule has 156 valence electrons. The van der Waals surface area contributed by atoms with Gasteiger partial charge in [0.05, 0.1) is 21.8 Å². The topological polar surface area (TPSA) is 64.0 Å². The summed E-state index contributed by atoms with van der Waals surface area (Å²) in [5.74, 6) is 0.00219. The van der Waals surface area contributed by atoms with Gasteiger partial charge in [-0.3, -0.25) is 14.2 Å². The first-order valence-corrected chi connectivity index (χ1v) is 11.4. The van der Waals surface area contributed by atoms with Crippen molar-refractivity contribution >= 4 is 28.6 Å². The van der Waals surface area contributed by atoms with Crippen molar-refractivity contribution in [3.63, 3.8) is 0 Å². The van der Waals surface area contributed by atoms with Gasteiger partial charge in [0, 0.05) is 6.04 Å². The zero-order valence-corrected chi connectivity index (χ0v) is 18.5. The minimum atomic E-state index is -0.353. The number of aromatic nitrogens is 2. The van der Waals surface area contributed by atoms with Crippen molar-refractivity contribution in [1.82, 2.24) is 14.9 Å². The van der Waals surface area contributed by atoms with Crippen LogP contribution in [0, 0.1) is 13.8 Å². The second kappa shape index (κ2) is 8.64. The molecule has 1 amide bonds. The van der Waals surface area contributed by atoms with Gasteiger partial charge in [-0.2, -0.15) is 0 Å². The van der Waals surface area contributed by atoms with Crippen molar-refractivity contribution in [2.45, 2.75) is 62.9 Å². The Bertz CT molecular complexity index is 1130. The average Bonchev–Trinajstić information content (AvgIpc) is 3.23. The number of aryl methyl sites for hydroxylation is 2.